The fourth-order valence-corrected chi connectivity index (χ4v) is 4.12. The van der Waals surface area contributed by atoms with Gasteiger partial charge in [0.05, 0.1) is 10.6 Å². The van der Waals surface area contributed by atoms with Crippen LogP contribution >= 0.6 is 11.6 Å². The van der Waals surface area contributed by atoms with Crippen LogP contribution in [0.4, 0.5) is 8.78 Å². The molecule has 1 heterocycles. The van der Waals surface area contributed by atoms with Gasteiger partial charge in [0.25, 0.3) is 5.91 Å². The number of benzene rings is 2. The molecule has 2 aliphatic rings. The number of halogens is 3. The van der Waals surface area contributed by atoms with Gasteiger partial charge in [0.2, 0.25) is 0 Å². The average molecular weight is 421 g/mol. The van der Waals surface area contributed by atoms with E-state index in [1.165, 1.54) is 18.2 Å². The number of rotatable bonds is 6. The number of carbonyl (C=O) groups excluding carboxylic acids is 1. The molecule has 0 radical (unpaired) electrons. The number of hydrogen-bond donors (Lipinski definition) is 1. The molecule has 29 heavy (non-hydrogen) atoms. The minimum atomic E-state index is -0.728. The Morgan fingerprint density at radius 2 is 1.86 bits per heavy atom. The van der Waals surface area contributed by atoms with Crippen molar-refractivity contribution in [2.75, 3.05) is 13.1 Å². The molecular weight excluding hydrogens is 398 g/mol. The summed E-state index contributed by atoms with van der Waals surface area (Å²) in [6.07, 6.45) is 3.73. The van der Waals surface area contributed by atoms with Crippen molar-refractivity contribution < 1.29 is 18.3 Å². The highest BCUT2D eigenvalue weighted by atomic mass is 35.5. The number of likely N-dealkylation sites (tertiary alicyclic amines) is 1. The van der Waals surface area contributed by atoms with Crippen molar-refractivity contribution in [2.24, 2.45) is 5.73 Å². The minimum absolute atomic E-state index is 0.00564. The minimum Gasteiger partial charge on any atom is -0.489 e. The monoisotopic (exact) mass is 420 g/mol. The van der Waals surface area contributed by atoms with Crippen molar-refractivity contribution in [1.82, 2.24) is 4.90 Å². The van der Waals surface area contributed by atoms with Gasteiger partial charge in [-0.3, -0.25) is 9.69 Å². The van der Waals surface area contributed by atoms with E-state index >= 15 is 0 Å². The third kappa shape index (κ3) is 4.70. The smallest absolute Gasteiger partial charge is 0.251 e. The van der Waals surface area contributed by atoms with Crippen LogP contribution in [0.1, 0.15) is 53.1 Å². The lowest BCUT2D eigenvalue weighted by atomic mass is 9.97. The van der Waals surface area contributed by atoms with Gasteiger partial charge in [0, 0.05) is 19.6 Å². The van der Waals surface area contributed by atoms with Crippen molar-refractivity contribution >= 4 is 17.5 Å². The van der Waals surface area contributed by atoms with Crippen molar-refractivity contribution in [2.45, 2.75) is 44.2 Å². The van der Waals surface area contributed by atoms with Crippen LogP contribution in [-0.2, 0) is 6.54 Å². The molecule has 1 saturated heterocycles. The zero-order chi connectivity index (χ0) is 20.5. The summed E-state index contributed by atoms with van der Waals surface area (Å²) < 4.78 is 33.4. The molecule has 1 amide bonds. The maximum Gasteiger partial charge on any atom is 0.251 e. The summed E-state index contributed by atoms with van der Waals surface area (Å²) in [7, 11) is 0. The number of carbonyl (C=O) groups is 1. The maximum absolute atomic E-state index is 14.3. The van der Waals surface area contributed by atoms with Gasteiger partial charge in [-0.25, -0.2) is 8.78 Å². The maximum atomic E-state index is 14.3. The van der Waals surface area contributed by atoms with Gasteiger partial charge in [-0.15, -0.1) is 0 Å². The Balaban J connectivity index is 1.39. The molecule has 1 saturated carbocycles. The van der Waals surface area contributed by atoms with Gasteiger partial charge in [0.15, 0.2) is 0 Å². The molecule has 2 fully saturated rings. The van der Waals surface area contributed by atoms with Crippen molar-refractivity contribution in [3.63, 3.8) is 0 Å². The van der Waals surface area contributed by atoms with Crippen LogP contribution in [0.2, 0.25) is 5.02 Å². The predicted octanol–water partition coefficient (Wildman–Crippen LogP) is 4.64. The zero-order valence-electron chi connectivity index (χ0n) is 16.0. The van der Waals surface area contributed by atoms with E-state index in [0.29, 0.717) is 18.2 Å². The Hall–Kier alpha value is -2.18. The lowest BCUT2D eigenvalue weighted by Crippen LogP contribution is -2.38. The predicted molar refractivity (Wildman–Crippen MR) is 107 cm³/mol. The Morgan fingerprint density at radius 1 is 1.14 bits per heavy atom. The first-order chi connectivity index (χ1) is 13.9. The molecule has 7 heteroatoms. The van der Waals surface area contributed by atoms with E-state index in [-0.39, 0.29) is 16.7 Å². The van der Waals surface area contributed by atoms with E-state index in [2.05, 4.69) is 4.90 Å². The fourth-order valence-electron chi connectivity index (χ4n) is 3.91. The second kappa shape index (κ2) is 8.28. The first kappa shape index (κ1) is 20.1. The van der Waals surface area contributed by atoms with Crippen LogP contribution in [0.15, 0.2) is 30.3 Å². The lowest BCUT2D eigenvalue weighted by molar-refractivity contribution is 0.0964. The molecule has 1 aliphatic carbocycles. The highest BCUT2D eigenvalue weighted by Crippen LogP contribution is 2.43. The number of nitrogens with two attached hydrogens (primary N) is 1. The molecular formula is C22H23ClF2N2O2. The molecule has 0 spiro atoms. The van der Waals surface area contributed by atoms with Crippen LogP contribution in [0, 0.1) is 11.6 Å². The van der Waals surface area contributed by atoms with Gasteiger partial charge in [-0.05, 0) is 73.1 Å². The third-order valence-electron chi connectivity index (χ3n) is 5.63. The number of nitrogens with zero attached hydrogens (tertiary/aromatic N) is 1. The SMILES string of the molecule is NC(=O)c1cc(C2CC2)c(CN2CCC(Oc3ccc(F)cc3Cl)CC2)cc1F. The van der Waals surface area contributed by atoms with E-state index in [1.54, 1.807) is 12.1 Å². The molecule has 4 nitrogen and oxygen atoms in total. The molecule has 0 unspecified atom stereocenters. The van der Waals surface area contributed by atoms with Crippen molar-refractivity contribution in [1.29, 1.82) is 0 Å². The van der Waals surface area contributed by atoms with Crippen LogP contribution in [0.25, 0.3) is 0 Å². The van der Waals surface area contributed by atoms with E-state index in [1.807, 2.05) is 0 Å². The summed E-state index contributed by atoms with van der Waals surface area (Å²) in [6, 6.07) is 7.23. The molecule has 2 aromatic carbocycles. The normalized spacial score (nSPS) is 18.0. The lowest BCUT2D eigenvalue weighted by Gasteiger charge is -2.32. The molecule has 1 aliphatic heterocycles. The number of amides is 1. The van der Waals surface area contributed by atoms with Gasteiger partial charge in [0.1, 0.15) is 23.5 Å². The number of primary amides is 1. The molecule has 2 N–H and O–H groups in total. The van der Waals surface area contributed by atoms with Crippen LogP contribution in [-0.4, -0.2) is 30.0 Å². The standard InChI is InChI=1S/C22H23ClF2N2O2/c23-19-10-15(24)3-4-21(19)29-16-5-7-27(8-6-16)12-14-9-20(25)18(22(26)28)11-17(14)13-1-2-13/h3-4,9-11,13,16H,1-2,5-8,12H2,(H2,26,28). The highest BCUT2D eigenvalue weighted by Gasteiger charge is 2.29. The van der Waals surface area contributed by atoms with Crippen LogP contribution in [0.5, 0.6) is 5.75 Å². The van der Waals surface area contributed by atoms with Crippen molar-refractivity contribution in [3.05, 3.63) is 63.7 Å². The Kier molecular flexibility index (Phi) is 5.74. The Labute approximate surface area is 173 Å². The van der Waals surface area contributed by atoms with Gasteiger partial charge >= 0.3 is 0 Å². The molecule has 2 aromatic rings. The first-order valence-corrected chi connectivity index (χ1v) is 10.2. The van der Waals surface area contributed by atoms with Crippen molar-refractivity contribution in [3.8, 4) is 5.75 Å². The second-order valence-corrected chi connectivity index (χ2v) is 8.24. The molecule has 4 rings (SSSR count). The molecule has 0 atom stereocenters. The van der Waals surface area contributed by atoms with E-state index in [4.69, 9.17) is 22.1 Å². The molecule has 0 bridgehead atoms. The molecule has 0 aromatic heterocycles. The summed E-state index contributed by atoms with van der Waals surface area (Å²) >= 11 is 6.04. The van der Waals surface area contributed by atoms with Crippen LogP contribution in [0.3, 0.4) is 0 Å². The van der Waals surface area contributed by atoms with E-state index < -0.39 is 17.5 Å². The van der Waals surface area contributed by atoms with E-state index in [9.17, 15) is 13.6 Å². The van der Waals surface area contributed by atoms with Gasteiger partial charge in [-0.1, -0.05) is 11.6 Å². The highest BCUT2D eigenvalue weighted by molar-refractivity contribution is 6.32. The summed E-state index contributed by atoms with van der Waals surface area (Å²) in [5, 5.41) is 0.270. The summed E-state index contributed by atoms with van der Waals surface area (Å²) in [5.74, 6) is -0.788. The Morgan fingerprint density at radius 3 is 2.48 bits per heavy atom. The quantitative estimate of drug-likeness (QED) is 0.740. The average Bonchev–Trinajstić information content (AvgIpc) is 3.50. The number of ether oxygens (including phenoxy) is 1. The molecule has 154 valence electrons. The topological polar surface area (TPSA) is 55.6 Å². The Bertz CT molecular complexity index is 925. The summed E-state index contributed by atoms with van der Waals surface area (Å²) in [6.45, 7) is 2.23. The fraction of sp³-hybridized carbons (Fsp3) is 0.409. The number of piperidine rings is 1. The van der Waals surface area contributed by atoms with E-state index in [0.717, 1.165) is 49.9 Å². The second-order valence-electron chi connectivity index (χ2n) is 7.84. The summed E-state index contributed by atoms with van der Waals surface area (Å²) in [4.78, 5) is 13.7. The summed E-state index contributed by atoms with van der Waals surface area (Å²) in [5.41, 5.74) is 7.24. The van der Waals surface area contributed by atoms with Gasteiger partial charge in [-0.2, -0.15) is 0 Å². The van der Waals surface area contributed by atoms with Crippen LogP contribution < -0.4 is 10.5 Å². The first-order valence-electron chi connectivity index (χ1n) is 9.87. The third-order valence-corrected chi connectivity index (χ3v) is 5.92. The largest absolute Gasteiger partial charge is 0.489 e. The number of hydrogen-bond acceptors (Lipinski definition) is 3. The van der Waals surface area contributed by atoms with Gasteiger partial charge < -0.3 is 10.5 Å². The zero-order valence-corrected chi connectivity index (χ0v) is 16.7.